The Balaban J connectivity index is 1.64. The second kappa shape index (κ2) is 10.3. The molecule has 0 aliphatic heterocycles. The normalized spacial score (nSPS) is 14.4. The number of carbonyl (C=O) groups excluding carboxylic acids is 1. The molecule has 5 rings (SSSR count). The zero-order chi connectivity index (χ0) is 26.9. The number of imidazole rings is 1. The highest BCUT2D eigenvalue weighted by Crippen LogP contribution is 2.36. The van der Waals surface area contributed by atoms with Gasteiger partial charge in [0, 0.05) is 30.9 Å². The molecule has 2 heterocycles. The van der Waals surface area contributed by atoms with Crippen molar-refractivity contribution >= 4 is 23.1 Å². The molecule has 0 spiro atoms. The lowest BCUT2D eigenvalue weighted by Crippen LogP contribution is -2.23. The molecule has 38 heavy (non-hydrogen) atoms. The first-order chi connectivity index (χ1) is 18.2. The lowest BCUT2D eigenvalue weighted by atomic mass is 9.96. The maximum Gasteiger partial charge on any atom is 0.419 e. The van der Waals surface area contributed by atoms with Crippen LogP contribution in [0, 0.1) is 5.82 Å². The van der Waals surface area contributed by atoms with Gasteiger partial charge in [-0.15, -0.1) is 0 Å². The molecular formula is C26H24F4N6O2. The predicted molar refractivity (Wildman–Crippen MR) is 133 cm³/mol. The zero-order valence-electron chi connectivity index (χ0n) is 20.3. The summed E-state index contributed by atoms with van der Waals surface area (Å²) >= 11 is 0. The third-order valence-corrected chi connectivity index (χ3v) is 6.38. The van der Waals surface area contributed by atoms with Crippen molar-refractivity contribution in [2.24, 2.45) is 0 Å². The van der Waals surface area contributed by atoms with Gasteiger partial charge in [-0.3, -0.25) is 4.57 Å². The van der Waals surface area contributed by atoms with Crippen LogP contribution < -0.4 is 15.4 Å². The molecule has 0 atom stereocenters. The molecule has 12 heteroatoms. The van der Waals surface area contributed by atoms with Gasteiger partial charge in [0.25, 0.3) is 0 Å². The number of anilines is 1. The van der Waals surface area contributed by atoms with E-state index in [-0.39, 0.29) is 23.2 Å². The van der Waals surface area contributed by atoms with Gasteiger partial charge in [0.2, 0.25) is 5.95 Å². The number of nitrogens with one attached hydrogen (secondary N) is 2. The monoisotopic (exact) mass is 528 g/mol. The number of hydrogen-bond acceptors (Lipinski definition) is 6. The molecule has 1 aliphatic rings. The number of benzene rings is 2. The standard InChI is InChI=1S/C26H24F4N6O2/c1-31-25(37)38-17-8-10-21-20(14-17)34-23(15-7-9-19(27)18(13-15)26(28,29)30)36(21)22-11-12-32-24(35-22)33-16-5-3-2-4-6-16/h7-14,16H,2-6H2,1H3,(H,31,37)(H,32,33,35). The first kappa shape index (κ1) is 25.4. The molecule has 0 bridgehead atoms. The Morgan fingerprint density at radius 1 is 1.05 bits per heavy atom. The highest BCUT2D eigenvalue weighted by molar-refractivity contribution is 5.85. The number of rotatable bonds is 5. The van der Waals surface area contributed by atoms with Crippen molar-refractivity contribution in [1.29, 1.82) is 0 Å². The van der Waals surface area contributed by atoms with Gasteiger partial charge in [-0.25, -0.2) is 19.2 Å². The van der Waals surface area contributed by atoms with Crippen LogP contribution in [-0.2, 0) is 6.18 Å². The SMILES string of the molecule is CNC(=O)Oc1ccc2c(c1)nc(-c1ccc(F)c(C(F)(F)F)c1)n2-c1ccnc(NC2CCCCC2)n1. The lowest BCUT2D eigenvalue weighted by Gasteiger charge is -2.22. The number of hydrogen-bond donors (Lipinski definition) is 2. The minimum Gasteiger partial charge on any atom is -0.410 e. The molecule has 2 aromatic heterocycles. The molecule has 2 aromatic carbocycles. The van der Waals surface area contributed by atoms with Crippen LogP contribution in [-0.4, -0.2) is 38.7 Å². The topological polar surface area (TPSA) is 94.0 Å². The maximum atomic E-state index is 14.1. The van der Waals surface area contributed by atoms with E-state index < -0.39 is 23.7 Å². The van der Waals surface area contributed by atoms with Gasteiger partial charge in [0.05, 0.1) is 16.6 Å². The van der Waals surface area contributed by atoms with Crippen LogP contribution in [0.25, 0.3) is 28.2 Å². The van der Waals surface area contributed by atoms with Gasteiger partial charge >= 0.3 is 12.3 Å². The highest BCUT2D eigenvalue weighted by Gasteiger charge is 2.35. The Bertz CT molecular complexity index is 1480. The average Bonchev–Trinajstić information content (AvgIpc) is 3.27. The molecule has 0 unspecified atom stereocenters. The maximum absolute atomic E-state index is 14.1. The molecule has 1 saturated carbocycles. The van der Waals surface area contributed by atoms with Crippen molar-refractivity contribution in [1.82, 2.24) is 24.8 Å². The van der Waals surface area contributed by atoms with E-state index in [2.05, 4.69) is 25.6 Å². The van der Waals surface area contributed by atoms with Gasteiger partial charge in [0.15, 0.2) is 0 Å². The summed E-state index contributed by atoms with van der Waals surface area (Å²) in [5, 5.41) is 5.69. The number of alkyl halides is 3. The van der Waals surface area contributed by atoms with Gasteiger partial charge in [-0.1, -0.05) is 19.3 Å². The number of ether oxygens (including phenoxy) is 1. The molecule has 2 N–H and O–H groups in total. The minimum atomic E-state index is -4.89. The number of carbonyl (C=O) groups is 1. The smallest absolute Gasteiger partial charge is 0.410 e. The van der Waals surface area contributed by atoms with Crippen molar-refractivity contribution < 1.29 is 27.1 Å². The molecule has 1 amide bonds. The largest absolute Gasteiger partial charge is 0.419 e. The Morgan fingerprint density at radius 2 is 1.84 bits per heavy atom. The summed E-state index contributed by atoms with van der Waals surface area (Å²) in [6, 6.07) is 9.19. The summed E-state index contributed by atoms with van der Waals surface area (Å²) in [5.74, 6) is -0.355. The molecule has 4 aromatic rings. The summed E-state index contributed by atoms with van der Waals surface area (Å²) in [6.07, 6.45) is 1.38. The number of fused-ring (bicyclic) bond motifs is 1. The zero-order valence-corrected chi connectivity index (χ0v) is 20.3. The number of aromatic nitrogens is 4. The summed E-state index contributed by atoms with van der Waals surface area (Å²) in [5.41, 5.74) is -0.548. The van der Waals surface area contributed by atoms with E-state index >= 15 is 0 Å². The van der Waals surface area contributed by atoms with Crippen molar-refractivity contribution in [2.75, 3.05) is 12.4 Å². The van der Waals surface area contributed by atoms with E-state index in [4.69, 9.17) is 4.74 Å². The Labute approximate surface area is 215 Å². The van der Waals surface area contributed by atoms with E-state index in [1.54, 1.807) is 22.9 Å². The molecule has 0 saturated heterocycles. The van der Waals surface area contributed by atoms with E-state index in [0.29, 0.717) is 22.8 Å². The third kappa shape index (κ3) is 5.24. The molecule has 8 nitrogen and oxygen atoms in total. The van der Waals surface area contributed by atoms with Gasteiger partial charge in [0.1, 0.15) is 23.2 Å². The Kier molecular flexibility index (Phi) is 6.87. The fourth-order valence-electron chi connectivity index (χ4n) is 4.56. The molecule has 198 valence electrons. The molecule has 1 fully saturated rings. The molecular weight excluding hydrogens is 504 g/mol. The first-order valence-corrected chi connectivity index (χ1v) is 12.1. The second-order valence-electron chi connectivity index (χ2n) is 8.97. The highest BCUT2D eigenvalue weighted by atomic mass is 19.4. The van der Waals surface area contributed by atoms with Crippen LogP contribution in [0.2, 0.25) is 0 Å². The quantitative estimate of drug-likeness (QED) is 0.304. The summed E-state index contributed by atoms with van der Waals surface area (Å²) < 4.78 is 61.3. The minimum absolute atomic E-state index is 0.0316. The van der Waals surface area contributed by atoms with Crippen LogP contribution in [0.15, 0.2) is 48.7 Å². The van der Waals surface area contributed by atoms with E-state index in [0.717, 1.165) is 37.8 Å². The van der Waals surface area contributed by atoms with Crippen LogP contribution in [0.3, 0.4) is 0 Å². The van der Waals surface area contributed by atoms with Crippen molar-refractivity contribution in [2.45, 2.75) is 44.3 Å². The van der Waals surface area contributed by atoms with Crippen LogP contribution in [0.1, 0.15) is 37.7 Å². The van der Waals surface area contributed by atoms with Crippen LogP contribution in [0.5, 0.6) is 5.75 Å². The lowest BCUT2D eigenvalue weighted by molar-refractivity contribution is -0.139. The summed E-state index contributed by atoms with van der Waals surface area (Å²) in [6.45, 7) is 0. The van der Waals surface area contributed by atoms with E-state index in [9.17, 15) is 22.4 Å². The van der Waals surface area contributed by atoms with Gasteiger partial charge in [-0.05, 0) is 49.2 Å². The second-order valence-corrected chi connectivity index (χ2v) is 8.97. The van der Waals surface area contributed by atoms with E-state index in [1.165, 1.54) is 31.7 Å². The van der Waals surface area contributed by atoms with Crippen LogP contribution >= 0.6 is 0 Å². The van der Waals surface area contributed by atoms with Crippen molar-refractivity contribution in [3.05, 3.63) is 60.0 Å². The Hall–Kier alpha value is -4.22. The average molecular weight is 529 g/mol. The third-order valence-electron chi connectivity index (χ3n) is 6.38. The van der Waals surface area contributed by atoms with Gasteiger partial charge < -0.3 is 15.4 Å². The molecule has 1 aliphatic carbocycles. The first-order valence-electron chi connectivity index (χ1n) is 12.1. The fraction of sp³-hybridized carbons (Fsp3) is 0.308. The fourth-order valence-corrected chi connectivity index (χ4v) is 4.56. The molecule has 0 radical (unpaired) electrons. The van der Waals surface area contributed by atoms with Crippen molar-refractivity contribution in [3.8, 4) is 23.0 Å². The number of amides is 1. The summed E-state index contributed by atoms with van der Waals surface area (Å²) in [4.78, 5) is 25.2. The number of nitrogens with zero attached hydrogens (tertiary/aromatic N) is 4. The predicted octanol–water partition coefficient (Wildman–Crippen LogP) is 6.10. The van der Waals surface area contributed by atoms with E-state index in [1.807, 2.05) is 0 Å². The van der Waals surface area contributed by atoms with Crippen LogP contribution in [0.4, 0.5) is 28.3 Å². The Morgan fingerprint density at radius 3 is 2.58 bits per heavy atom. The van der Waals surface area contributed by atoms with Gasteiger partial charge in [-0.2, -0.15) is 18.2 Å². The van der Waals surface area contributed by atoms with Crippen molar-refractivity contribution in [3.63, 3.8) is 0 Å². The summed E-state index contributed by atoms with van der Waals surface area (Å²) in [7, 11) is 1.41. The number of halogens is 4.